The highest BCUT2D eigenvalue weighted by Gasteiger charge is 2.27. The van der Waals surface area contributed by atoms with E-state index in [0.717, 1.165) is 4.90 Å². The van der Waals surface area contributed by atoms with Gasteiger partial charge >= 0.3 is 0 Å². The van der Waals surface area contributed by atoms with E-state index in [-0.39, 0.29) is 12.3 Å². The molecule has 1 aliphatic rings. The van der Waals surface area contributed by atoms with Gasteiger partial charge in [0.2, 0.25) is 5.91 Å². The minimum Gasteiger partial charge on any atom is -0.755 e. The molecule has 1 aliphatic heterocycles. The van der Waals surface area contributed by atoms with E-state index < -0.39 is 17.2 Å². The van der Waals surface area contributed by atoms with E-state index in [2.05, 4.69) is 4.72 Å². The van der Waals surface area contributed by atoms with Crippen LogP contribution in [0.1, 0.15) is 15.9 Å². The predicted octanol–water partition coefficient (Wildman–Crippen LogP) is 0.0473. The quantitative estimate of drug-likeness (QED) is 0.595. The first-order chi connectivity index (χ1) is 7.99. The average molecular weight is 253 g/mol. The van der Waals surface area contributed by atoms with Crippen LogP contribution >= 0.6 is 0 Å². The first-order valence-electron chi connectivity index (χ1n) is 4.79. The molecule has 7 heteroatoms. The number of carbonyl (C=O) groups excluding carboxylic acids is 2. The molecule has 6 nitrogen and oxygen atoms in total. The first-order valence-corrected chi connectivity index (χ1v) is 5.86. The number of hydrogen-bond donors (Lipinski definition) is 1. The Morgan fingerprint density at radius 2 is 2.12 bits per heavy atom. The Morgan fingerprint density at radius 3 is 2.76 bits per heavy atom. The molecule has 1 unspecified atom stereocenters. The summed E-state index contributed by atoms with van der Waals surface area (Å²) in [6, 6.07) is 4.52. The summed E-state index contributed by atoms with van der Waals surface area (Å²) in [7, 11) is 1.40. The Hall–Kier alpha value is -1.73. The number of nitrogens with one attached hydrogen (secondary N) is 1. The van der Waals surface area contributed by atoms with Crippen molar-refractivity contribution < 1.29 is 18.4 Å². The van der Waals surface area contributed by atoms with Crippen LogP contribution in [0.15, 0.2) is 18.2 Å². The Bertz CT molecular complexity index is 529. The minimum absolute atomic E-state index is 0.151. The summed E-state index contributed by atoms with van der Waals surface area (Å²) in [5.41, 5.74) is 1.26. The van der Waals surface area contributed by atoms with Crippen molar-refractivity contribution in [1.29, 1.82) is 0 Å². The fourth-order valence-electron chi connectivity index (χ4n) is 1.66. The number of nitrogens with zero attached hydrogens (tertiary/aromatic N) is 1. The first kappa shape index (κ1) is 11.7. The number of amides is 2. The van der Waals surface area contributed by atoms with E-state index in [1.807, 2.05) is 0 Å². The van der Waals surface area contributed by atoms with E-state index in [1.165, 1.54) is 19.2 Å². The van der Waals surface area contributed by atoms with Gasteiger partial charge in [0.05, 0.1) is 6.42 Å². The molecule has 90 valence electrons. The molecule has 1 N–H and O–H groups in total. The Balaban J connectivity index is 2.42. The number of carbonyl (C=O) groups is 2. The second-order valence-corrected chi connectivity index (χ2v) is 4.32. The van der Waals surface area contributed by atoms with Gasteiger partial charge in [0.15, 0.2) is 0 Å². The molecular formula is C10H9N2O4S-. The maximum atomic E-state index is 11.8. The van der Waals surface area contributed by atoms with Crippen LogP contribution in [0.5, 0.6) is 0 Å². The van der Waals surface area contributed by atoms with Crippen molar-refractivity contribution in [2.24, 2.45) is 0 Å². The maximum Gasteiger partial charge on any atom is 0.260 e. The largest absolute Gasteiger partial charge is 0.755 e. The molecule has 1 aromatic rings. The van der Waals surface area contributed by atoms with Crippen molar-refractivity contribution in [3.63, 3.8) is 0 Å². The molecule has 1 aromatic carbocycles. The number of imide groups is 1. The van der Waals surface area contributed by atoms with Crippen molar-refractivity contribution >= 4 is 28.8 Å². The second-order valence-electron chi connectivity index (χ2n) is 3.64. The van der Waals surface area contributed by atoms with Crippen LogP contribution in [0.3, 0.4) is 0 Å². The van der Waals surface area contributed by atoms with Crippen LogP contribution in [-0.4, -0.2) is 32.5 Å². The average Bonchev–Trinajstić information content (AvgIpc) is 2.26. The highest BCUT2D eigenvalue weighted by atomic mass is 32.2. The third-order valence-electron chi connectivity index (χ3n) is 2.56. The molecule has 0 aliphatic carbocycles. The molecule has 0 fully saturated rings. The molecule has 2 rings (SSSR count). The SMILES string of the molecule is CN1C(=O)Cc2ccc(NS(=O)[O-])cc2C1=O. The summed E-state index contributed by atoms with van der Waals surface area (Å²) < 4.78 is 23.1. The number of benzene rings is 1. The predicted molar refractivity (Wildman–Crippen MR) is 59.8 cm³/mol. The molecule has 0 spiro atoms. The lowest BCUT2D eigenvalue weighted by Crippen LogP contribution is -2.39. The Kier molecular flexibility index (Phi) is 2.95. The van der Waals surface area contributed by atoms with Gasteiger partial charge in [-0.15, -0.1) is 0 Å². The summed E-state index contributed by atoms with van der Waals surface area (Å²) in [5, 5.41) is 0. The smallest absolute Gasteiger partial charge is 0.260 e. The summed E-state index contributed by atoms with van der Waals surface area (Å²) in [5.74, 6) is -0.688. The zero-order valence-electron chi connectivity index (χ0n) is 8.93. The van der Waals surface area contributed by atoms with Gasteiger partial charge in [-0.05, 0) is 17.7 Å². The minimum atomic E-state index is -2.44. The number of anilines is 1. The fraction of sp³-hybridized carbons (Fsp3) is 0.200. The number of likely N-dealkylation sites (N-methyl/N-ethyl adjacent to an activating group) is 1. The van der Waals surface area contributed by atoms with Crippen molar-refractivity contribution in [3.8, 4) is 0 Å². The van der Waals surface area contributed by atoms with E-state index >= 15 is 0 Å². The molecule has 0 bridgehead atoms. The Labute approximate surface area is 100 Å². The molecule has 0 radical (unpaired) electrons. The zero-order chi connectivity index (χ0) is 12.6. The van der Waals surface area contributed by atoms with Crippen molar-refractivity contribution in [1.82, 2.24) is 4.90 Å². The van der Waals surface area contributed by atoms with Crippen LogP contribution in [-0.2, 0) is 22.5 Å². The normalized spacial score (nSPS) is 16.7. The van der Waals surface area contributed by atoms with Crippen LogP contribution in [0.2, 0.25) is 0 Å². The maximum absolute atomic E-state index is 11.8. The van der Waals surface area contributed by atoms with Gasteiger partial charge in [-0.3, -0.25) is 18.7 Å². The van der Waals surface area contributed by atoms with Gasteiger partial charge < -0.3 is 9.27 Å². The van der Waals surface area contributed by atoms with Crippen molar-refractivity contribution in [2.75, 3.05) is 11.8 Å². The topological polar surface area (TPSA) is 89.5 Å². The molecule has 0 saturated carbocycles. The molecular weight excluding hydrogens is 244 g/mol. The standard InChI is InChI=1S/C10H10N2O4S/c1-12-9(13)4-6-2-3-7(11-17(15)16)5-8(6)10(12)14/h2-3,5,11H,4H2,1H3,(H,15,16)/p-1. The molecule has 1 atom stereocenters. The summed E-state index contributed by atoms with van der Waals surface area (Å²) in [6.07, 6.45) is 0.151. The third-order valence-corrected chi connectivity index (χ3v) is 2.96. The van der Waals surface area contributed by atoms with Gasteiger partial charge in [0.25, 0.3) is 5.91 Å². The van der Waals surface area contributed by atoms with Gasteiger partial charge in [0.1, 0.15) is 0 Å². The van der Waals surface area contributed by atoms with E-state index in [4.69, 9.17) is 0 Å². The van der Waals surface area contributed by atoms with Crippen LogP contribution < -0.4 is 4.72 Å². The lowest BCUT2D eigenvalue weighted by Gasteiger charge is -2.23. The highest BCUT2D eigenvalue weighted by molar-refractivity contribution is 7.80. The number of hydrogen-bond acceptors (Lipinski definition) is 4. The Morgan fingerprint density at radius 1 is 1.41 bits per heavy atom. The molecule has 17 heavy (non-hydrogen) atoms. The van der Waals surface area contributed by atoms with Crippen molar-refractivity contribution in [2.45, 2.75) is 6.42 Å². The molecule has 1 heterocycles. The summed E-state index contributed by atoms with van der Waals surface area (Å²) in [4.78, 5) is 24.2. The fourth-order valence-corrected chi connectivity index (χ4v) is 1.98. The molecule has 0 aromatic heterocycles. The van der Waals surface area contributed by atoms with Crippen LogP contribution in [0.4, 0.5) is 5.69 Å². The van der Waals surface area contributed by atoms with E-state index in [1.54, 1.807) is 6.07 Å². The van der Waals surface area contributed by atoms with Gasteiger partial charge in [-0.1, -0.05) is 6.07 Å². The molecule has 0 saturated heterocycles. The van der Waals surface area contributed by atoms with E-state index in [9.17, 15) is 18.4 Å². The highest BCUT2D eigenvalue weighted by Crippen LogP contribution is 2.22. The summed E-state index contributed by atoms with van der Waals surface area (Å²) in [6.45, 7) is 0. The monoisotopic (exact) mass is 253 g/mol. The van der Waals surface area contributed by atoms with Gasteiger partial charge in [0, 0.05) is 29.6 Å². The second kappa shape index (κ2) is 4.27. The third kappa shape index (κ3) is 2.20. The van der Waals surface area contributed by atoms with Crippen LogP contribution in [0.25, 0.3) is 0 Å². The molecule has 2 amide bonds. The van der Waals surface area contributed by atoms with E-state index in [0.29, 0.717) is 16.8 Å². The van der Waals surface area contributed by atoms with Gasteiger partial charge in [-0.25, -0.2) is 0 Å². The lowest BCUT2D eigenvalue weighted by molar-refractivity contribution is -0.127. The van der Waals surface area contributed by atoms with Gasteiger partial charge in [-0.2, -0.15) is 0 Å². The zero-order valence-corrected chi connectivity index (χ0v) is 9.74. The van der Waals surface area contributed by atoms with Crippen LogP contribution in [0, 0.1) is 0 Å². The lowest BCUT2D eigenvalue weighted by atomic mass is 9.98. The number of fused-ring (bicyclic) bond motifs is 1. The van der Waals surface area contributed by atoms with Crippen molar-refractivity contribution in [3.05, 3.63) is 29.3 Å². The number of rotatable bonds is 2. The summed E-state index contributed by atoms with van der Waals surface area (Å²) >= 11 is -2.44.